The molecule has 0 atom stereocenters. The van der Waals surface area contributed by atoms with E-state index in [1.54, 1.807) is 18.0 Å². The van der Waals surface area contributed by atoms with Crippen LogP contribution in [0.2, 0.25) is 0 Å². The van der Waals surface area contributed by atoms with Gasteiger partial charge in [-0.3, -0.25) is 4.98 Å². The van der Waals surface area contributed by atoms with Crippen molar-refractivity contribution >= 4 is 28.2 Å². The van der Waals surface area contributed by atoms with Gasteiger partial charge in [-0.05, 0) is 19.1 Å². The molecule has 102 valence electrons. The molecule has 0 saturated carbocycles. The van der Waals surface area contributed by atoms with Gasteiger partial charge in [-0.25, -0.2) is 4.98 Å². The summed E-state index contributed by atoms with van der Waals surface area (Å²) in [5.74, 6) is 1.64. The quantitative estimate of drug-likeness (QED) is 0.741. The molecule has 2 N–H and O–H groups in total. The third-order valence-corrected chi connectivity index (χ3v) is 4.79. The average Bonchev–Trinajstić information content (AvgIpc) is 3.04. The van der Waals surface area contributed by atoms with Crippen LogP contribution < -0.4 is 5.73 Å². The highest BCUT2D eigenvalue weighted by molar-refractivity contribution is 8.00. The Bertz CT molecular complexity index is 710. The van der Waals surface area contributed by atoms with Gasteiger partial charge in [0.25, 0.3) is 0 Å². The Morgan fingerprint density at radius 3 is 2.95 bits per heavy atom. The number of aromatic nitrogens is 4. The summed E-state index contributed by atoms with van der Waals surface area (Å²) in [5.41, 5.74) is 7.30. The zero-order valence-corrected chi connectivity index (χ0v) is 12.2. The van der Waals surface area contributed by atoms with E-state index in [0.717, 1.165) is 9.90 Å². The van der Waals surface area contributed by atoms with Gasteiger partial charge in [0, 0.05) is 6.20 Å². The van der Waals surface area contributed by atoms with Gasteiger partial charge in [-0.1, -0.05) is 22.6 Å². The van der Waals surface area contributed by atoms with E-state index in [1.807, 2.05) is 25.1 Å². The highest BCUT2D eigenvalue weighted by atomic mass is 32.2. The monoisotopic (exact) mass is 305 g/mol. The number of anilines is 1. The SMILES string of the molecule is Cc1nc(N)sc1SCc1nc(-c2ccccn2)no1. The molecule has 0 amide bonds. The highest BCUT2D eigenvalue weighted by Crippen LogP contribution is 2.32. The Morgan fingerprint density at radius 2 is 2.25 bits per heavy atom. The van der Waals surface area contributed by atoms with Crippen molar-refractivity contribution in [2.45, 2.75) is 16.9 Å². The first-order chi connectivity index (χ1) is 9.72. The molecule has 0 spiro atoms. The van der Waals surface area contributed by atoms with E-state index in [4.69, 9.17) is 10.3 Å². The van der Waals surface area contributed by atoms with E-state index in [1.165, 1.54) is 11.3 Å². The Hall–Kier alpha value is -1.93. The molecule has 8 heteroatoms. The fourth-order valence-electron chi connectivity index (χ4n) is 1.58. The van der Waals surface area contributed by atoms with Crippen molar-refractivity contribution in [1.82, 2.24) is 20.1 Å². The second-order valence-electron chi connectivity index (χ2n) is 3.94. The van der Waals surface area contributed by atoms with Crippen LogP contribution in [0.25, 0.3) is 11.5 Å². The molecule has 3 heterocycles. The minimum Gasteiger partial charge on any atom is -0.375 e. The molecule has 0 bridgehead atoms. The van der Waals surface area contributed by atoms with Crippen LogP contribution in [0.15, 0.2) is 33.1 Å². The summed E-state index contributed by atoms with van der Waals surface area (Å²) in [6, 6.07) is 5.57. The van der Waals surface area contributed by atoms with Gasteiger partial charge in [0.15, 0.2) is 5.13 Å². The first kappa shape index (κ1) is 13.1. The number of hydrogen-bond donors (Lipinski definition) is 1. The van der Waals surface area contributed by atoms with E-state index in [0.29, 0.717) is 28.3 Å². The number of thiazole rings is 1. The molecular formula is C12H11N5OS2. The molecule has 0 radical (unpaired) electrons. The van der Waals surface area contributed by atoms with Gasteiger partial charge < -0.3 is 10.3 Å². The maximum absolute atomic E-state index is 5.66. The Kier molecular flexibility index (Phi) is 3.66. The van der Waals surface area contributed by atoms with Crippen molar-refractivity contribution in [2.24, 2.45) is 0 Å². The van der Waals surface area contributed by atoms with Gasteiger partial charge in [-0.2, -0.15) is 4.98 Å². The summed E-state index contributed by atoms with van der Waals surface area (Å²) in [4.78, 5) is 12.7. The smallest absolute Gasteiger partial charge is 0.237 e. The zero-order valence-electron chi connectivity index (χ0n) is 10.6. The first-order valence-corrected chi connectivity index (χ1v) is 7.62. The third kappa shape index (κ3) is 2.81. The van der Waals surface area contributed by atoms with E-state index in [2.05, 4.69) is 20.1 Å². The van der Waals surface area contributed by atoms with Gasteiger partial charge in [-0.15, -0.1) is 11.8 Å². The van der Waals surface area contributed by atoms with Crippen LogP contribution in [0, 0.1) is 6.92 Å². The number of nitrogen functional groups attached to an aromatic ring is 1. The molecule has 0 aliphatic carbocycles. The van der Waals surface area contributed by atoms with Gasteiger partial charge >= 0.3 is 0 Å². The molecule has 0 aliphatic heterocycles. The van der Waals surface area contributed by atoms with E-state index >= 15 is 0 Å². The Morgan fingerprint density at radius 1 is 1.35 bits per heavy atom. The van der Waals surface area contributed by atoms with Crippen LogP contribution in [0.5, 0.6) is 0 Å². The molecule has 3 aromatic rings. The van der Waals surface area contributed by atoms with Crippen molar-refractivity contribution in [3.05, 3.63) is 36.0 Å². The van der Waals surface area contributed by atoms with E-state index in [-0.39, 0.29) is 0 Å². The summed E-state index contributed by atoms with van der Waals surface area (Å²) < 4.78 is 6.29. The Labute approximate surface area is 123 Å². The van der Waals surface area contributed by atoms with Gasteiger partial charge in [0.05, 0.1) is 15.7 Å². The fourth-order valence-corrected chi connectivity index (χ4v) is 3.44. The zero-order chi connectivity index (χ0) is 13.9. The van der Waals surface area contributed by atoms with Crippen LogP contribution in [0.4, 0.5) is 5.13 Å². The van der Waals surface area contributed by atoms with Gasteiger partial charge in [0.2, 0.25) is 11.7 Å². The predicted molar refractivity (Wildman–Crippen MR) is 78.4 cm³/mol. The largest absolute Gasteiger partial charge is 0.375 e. The van der Waals surface area contributed by atoms with Crippen molar-refractivity contribution in [3.8, 4) is 11.5 Å². The second kappa shape index (κ2) is 5.59. The summed E-state index contributed by atoms with van der Waals surface area (Å²) in [6.07, 6.45) is 1.70. The number of pyridine rings is 1. The number of nitrogens with zero attached hydrogens (tertiary/aromatic N) is 4. The lowest BCUT2D eigenvalue weighted by Crippen LogP contribution is -1.85. The molecule has 20 heavy (non-hydrogen) atoms. The summed E-state index contributed by atoms with van der Waals surface area (Å²) >= 11 is 3.05. The molecule has 0 aliphatic rings. The predicted octanol–water partition coefficient (Wildman–Crippen LogP) is 2.77. The molecule has 3 rings (SSSR count). The molecule has 3 aromatic heterocycles. The molecular weight excluding hydrogens is 294 g/mol. The van der Waals surface area contributed by atoms with Crippen LogP contribution in [-0.4, -0.2) is 20.1 Å². The molecule has 0 fully saturated rings. The molecule has 0 saturated heterocycles. The topological polar surface area (TPSA) is 90.7 Å². The van der Waals surface area contributed by atoms with Crippen LogP contribution in [-0.2, 0) is 5.75 Å². The first-order valence-electron chi connectivity index (χ1n) is 5.82. The lowest BCUT2D eigenvalue weighted by Gasteiger charge is -1.93. The molecule has 0 aromatic carbocycles. The van der Waals surface area contributed by atoms with E-state index in [9.17, 15) is 0 Å². The molecule has 6 nitrogen and oxygen atoms in total. The minimum atomic E-state index is 0.502. The number of rotatable bonds is 4. The molecule has 0 unspecified atom stereocenters. The second-order valence-corrected chi connectivity index (χ2v) is 6.22. The number of nitrogens with two attached hydrogens (primary N) is 1. The third-order valence-electron chi connectivity index (χ3n) is 2.46. The van der Waals surface area contributed by atoms with Crippen molar-refractivity contribution in [3.63, 3.8) is 0 Å². The van der Waals surface area contributed by atoms with Crippen molar-refractivity contribution < 1.29 is 4.52 Å². The highest BCUT2D eigenvalue weighted by Gasteiger charge is 2.12. The van der Waals surface area contributed by atoms with Crippen LogP contribution >= 0.6 is 23.1 Å². The maximum atomic E-state index is 5.66. The van der Waals surface area contributed by atoms with Crippen LogP contribution in [0.3, 0.4) is 0 Å². The average molecular weight is 305 g/mol. The number of hydrogen-bond acceptors (Lipinski definition) is 8. The normalized spacial score (nSPS) is 10.8. The standard InChI is InChI=1S/C12H11N5OS2/c1-7-11(20-12(13)15-7)19-6-9-16-10(17-18-9)8-4-2-3-5-14-8/h2-5H,6H2,1H3,(H2,13,15). The lowest BCUT2D eigenvalue weighted by molar-refractivity contribution is 0.391. The fraction of sp³-hybridized carbons (Fsp3) is 0.167. The summed E-state index contributed by atoms with van der Waals surface area (Å²) in [7, 11) is 0. The minimum absolute atomic E-state index is 0.502. The van der Waals surface area contributed by atoms with E-state index < -0.39 is 0 Å². The number of aryl methyl sites for hydroxylation is 1. The Balaban J connectivity index is 1.70. The van der Waals surface area contributed by atoms with Gasteiger partial charge in [0.1, 0.15) is 5.69 Å². The number of thioether (sulfide) groups is 1. The van der Waals surface area contributed by atoms with Crippen molar-refractivity contribution in [2.75, 3.05) is 5.73 Å². The van der Waals surface area contributed by atoms with Crippen molar-refractivity contribution in [1.29, 1.82) is 0 Å². The van der Waals surface area contributed by atoms with Crippen LogP contribution in [0.1, 0.15) is 11.6 Å². The summed E-state index contributed by atoms with van der Waals surface area (Å²) in [6.45, 7) is 1.93. The maximum Gasteiger partial charge on any atom is 0.237 e. The summed E-state index contributed by atoms with van der Waals surface area (Å²) in [5, 5.41) is 4.50. The lowest BCUT2D eigenvalue weighted by atomic mass is 10.3.